The smallest absolute Gasteiger partial charge is 0.110 e. The van der Waals surface area contributed by atoms with Crippen LogP contribution in [0.5, 0.6) is 0 Å². The van der Waals surface area contributed by atoms with Crippen molar-refractivity contribution >= 4 is 27.7 Å². The van der Waals surface area contributed by atoms with Crippen molar-refractivity contribution < 1.29 is 0 Å². The Kier molecular flexibility index (Phi) is 5.28. The number of hydrogen-bond acceptors (Lipinski definition) is 3. The van der Waals surface area contributed by atoms with Gasteiger partial charge in [0.25, 0.3) is 0 Å². The Balaban J connectivity index is 2.46. The summed E-state index contributed by atoms with van der Waals surface area (Å²) in [5.74, 6) is 0. The highest BCUT2D eigenvalue weighted by molar-refractivity contribution is 9.10. The summed E-state index contributed by atoms with van der Waals surface area (Å²) in [6.45, 7) is 9.74. The molecule has 0 aliphatic carbocycles. The first kappa shape index (κ1) is 14.0. The van der Waals surface area contributed by atoms with Gasteiger partial charge in [-0.2, -0.15) is 0 Å². The van der Waals surface area contributed by atoms with E-state index in [-0.39, 0.29) is 5.54 Å². The van der Waals surface area contributed by atoms with Gasteiger partial charge in [0, 0.05) is 28.0 Å². The van der Waals surface area contributed by atoms with Crippen LogP contribution in [0, 0.1) is 0 Å². The maximum Gasteiger partial charge on any atom is 0.110 e. The van der Waals surface area contributed by atoms with Crippen molar-refractivity contribution in [2.75, 3.05) is 6.54 Å². The van der Waals surface area contributed by atoms with E-state index in [0.717, 1.165) is 16.0 Å². The van der Waals surface area contributed by atoms with Gasteiger partial charge in [0.15, 0.2) is 0 Å². The number of nitrogens with zero attached hydrogens (tertiary/aromatic N) is 1. The van der Waals surface area contributed by atoms with Crippen molar-refractivity contribution in [2.24, 2.45) is 0 Å². The maximum absolute atomic E-state index is 4.35. The van der Waals surface area contributed by atoms with Gasteiger partial charge in [0.2, 0.25) is 0 Å². The molecule has 1 heterocycles. The van der Waals surface area contributed by atoms with Crippen LogP contribution in [0.3, 0.4) is 0 Å². The highest BCUT2D eigenvalue weighted by Crippen LogP contribution is 2.27. The minimum Gasteiger partial charge on any atom is -0.311 e. The molecule has 0 fully saturated rings. The summed E-state index contributed by atoms with van der Waals surface area (Å²) in [5, 5.41) is 5.06. The van der Waals surface area contributed by atoms with E-state index in [1.807, 2.05) is 18.3 Å². The molecule has 1 N–H and O–H groups in total. The zero-order chi connectivity index (χ0) is 12.2. The zero-order valence-corrected chi connectivity index (χ0v) is 12.7. The molecule has 1 aromatic heterocycles. The van der Waals surface area contributed by atoms with E-state index in [9.17, 15) is 0 Å². The molecular weight excluding hydrogens is 284 g/mol. The molecule has 0 aliphatic rings. The number of halogens is 1. The molecule has 1 rings (SSSR count). The van der Waals surface area contributed by atoms with Gasteiger partial charge in [-0.3, -0.25) is 0 Å². The third kappa shape index (κ3) is 5.32. The number of nitrogens with one attached hydrogen (secondary N) is 1. The lowest BCUT2D eigenvalue weighted by Gasteiger charge is -2.23. The van der Waals surface area contributed by atoms with E-state index in [0.29, 0.717) is 5.25 Å². The molecule has 0 saturated carbocycles. The fraction of sp³-hybridized carbons (Fsp3) is 0.583. The second kappa shape index (κ2) is 6.03. The maximum atomic E-state index is 4.35. The van der Waals surface area contributed by atoms with E-state index in [4.69, 9.17) is 0 Å². The first-order chi connectivity index (χ1) is 7.38. The molecule has 1 atom stereocenters. The first-order valence-corrected chi connectivity index (χ1v) is 7.08. The van der Waals surface area contributed by atoms with Crippen molar-refractivity contribution in [1.29, 1.82) is 0 Å². The quantitative estimate of drug-likeness (QED) is 0.858. The van der Waals surface area contributed by atoms with Crippen LogP contribution in [-0.2, 0) is 0 Å². The van der Waals surface area contributed by atoms with Crippen LogP contribution in [0.15, 0.2) is 27.8 Å². The number of thioether (sulfide) groups is 1. The van der Waals surface area contributed by atoms with Crippen LogP contribution >= 0.6 is 27.7 Å². The SMILES string of the molecule is CC(CNC(C)(C)C)Sc1ncccc1Br. The minimum absolute atomic E-state index is 0.177. The van der Waals surface area contributed by atoms with Crippen LogP contribution in [0.1, 0.15) is 27.7 Å². The standard InChI is InChI=1S/C12H19BrN2S/c1-9(8-15-12(2,3)4)16-11-10(13)6-5-7-14-11/h5-7,9,15H,8H2,1-4H3. The number of aromatic nitrogens is 1. The molecular formula is C12H19BrN2S. The molecule has 0 spiro atoms. The average Bonchev–Trinajstić information content (AvgIpc) is 2.18. The highest BCUT2D eigenvalue weighted by Gasteiger charge is 2.13. The summed E-state index contributed by atoms with van der Waals surface area (Å²) in [6.07, 6.45) is 1.83. The molecule has 0 aliphatic heterocycles. The largest absolute Gasteiger partial charge is 0.311 e. The lowest BCUT2D eigenvalue weighted by molar-refractivity contribution is 0.429. The van der Waals surface area contributed by atoms with E-state index in [2.05, 4.69) is 53.9 Å². The van der Waals surface area contributed by atoms with Gasteiger partial charge in [-0.25, -0.2) is 4.98 Å². The molecule has 90 valence electrons. The lowest BCUT2D eigenvalue weighted by atomic mass is 10.1. The molecule has 2 nitrogen and oxygen atoms in total. The number of pyridine rings is 1. The second-order valence-corrected chi connectivity index (χ2v) is 7.13. The molecule has 0 saturated heterocycles. The van der Waals surface area contributed by atoms with Gasteiger partial charge >= 0.3 is 0 Å². The Hall–Kier alpha value is -0.0600. The predicted octanol–water partition coefficient (Wildman–Crippen LogP) is 3.71. The molecule has 1 aromatic rings. The monoisotopic (exact) mass is 302 g/mol. The van der Waals surface area contributed by atoms with Crippen molar-refractivity contribution in [2.45, 2.75) is 43.5 Å². The molecule has 4 heteroatoms. The van der Waals surface area contributed by atoms with Gasteiger partial charge < -0.3 is 5.32 Å². The summed E-state index contributed by atoms with van der Waals surface area (Å²) in [6, 6.07) is 3.96. The molecule has 0 amide bonds. The Morgan fingerprint density at radius 3 is 2.75 bits per heavy atom. The first-order valence-electron chi connectivity index (χ1n) is 5.41. The van der Waals surface area contributed by atoms with Gasteiger partial charge in [-0.1, -0.05) is 6.92 Å². The van der Waals surface area contributed by atoms with Gasteiger partial charge in [0.1, 0.15) is 5.03 Å². The highest BCUT2D eigenvalue weighted by atomic mass is 79.9. The van der Waals surface area contributed by atoms with E-state index >= 15 is 0 Å². The summed E-state index contributed by atoms with van der Waals surface area (Å²) >= 11 is 5.30. The Morgan fingerprint density at radius 1 is 1.50 bits per heavy atom. The fourth-order valence-electron chi connectivity index (χ4n) is 1.14. The normalized spacial score (nSPS) is 13.8. The molecule has 1 unspecified atom stereocenters. The lowest BCUT2D eigenvalue weighted by Crippen LogP contribution is -2.39. The van der Waals surface area contributed by atoms with Crippen LogP contribution in [0.25, 0.3) is 0 Å². The number of hydrogen-bond donors (Lipinski definition) is 1. The van der Waals surface area contributed by atoms with E-state index in [1.165, 1.54) is 0 Å². The van der Waals surface area contributed by atoms with E-state index < -0.39 is 0 Å². The van der Waals surface area contributed by atoms with Crippen molar-refractivity contribution in [3.05, 3.63) is 22.8 Å². The molecule has 0 aromatic carbocycles. The molecule has 0 radical (unpaired) electrons. The van der Waals surface area contributed by atoms with Crippen LogP contribution in [0.2, 0.25) is 0 Å². The van der Waals surface area contributed by atoms with E-state index in [1.54, 1.807) is 11.8 Å². The Morgan fingerprint density at radius 2 is 2.19 bits per heavy atom. The molecule has 0 bridgehead atoms. The van der Waals surface area contributed by atoms with Gasteiger partial charge in [-0.05, 0) is 48.8 Å². The van der Waals surface area contributed by atoms with Crippen molar-refractivity contribution in [3.63, 3.8) is 0 Å². The number of rotatable bonds is 4. The molecule has 16 heavy (non-hydrogen) atoms. The Labute approximate surface area is 111 Å². The Bertz CT molecular complexity index is 336. The van der Waals surface area contributed by atoms with Gasteiger partial charge in [-0.15, -0.1) is 11.8 Å². The topological polar surface area (TPSA) is 24.9 Å². The van der Waals surface area contributed by atoms with Crippen molar-refractivity contribution in [1.82, 2.24) is 10.3 Å². The second-order valence-electron chi connectivity index (χ2n) is 4.85. The fourth-order valence-corrected chi connectivity index (χ4v) is 2.53. The average molecular weight is 303 g/mol. The minimum atomic E-state index is 0.177. The predicted molar refractivity (Wildman–Crippen MR) is 75.0 cm³/mol. The summed E-state index contributed by atoms with van der Waals surface area (Å²) in [4.78, 5) is 4.35. The summed E-state index contributed by atoms with van der Waals surface area (Å²) in [5.41, 5.74) is 0.177. The van der Waals surface area contributed by atoms with Crippen LogP contribution in [-0.4, -0.2) is 22.3 Å². The van der Waals surface area contributed by atoms with Crippen molar-refractivity contribution in [3.8, 4) is 0 Å². The third-order valence-corrected chi connectivity index (χ3v) is 3.98. The third-order valence-electron chi connectivity index (χ3n) is 1.96. The van der Waals surface area contributed by atoms with Gasteiger partial charge in [0.05, 0.1) is 0 Å². The van der Waals surface area contributed by atoms with Crippen LogP contribution < -0.4 is 5.32 Å². The zero-order valence-electron chi connectivity index (χ0n) is 10.2. The summed E-state index contributed by atoms with van der Waals surface area (Å²) < 4.78 is 1.07. The summed E-state index contributed by atoms with van der Waals surface area (Å²) in [7, 11) is 0. The van der Waals surface area contributed by atoms with Crippen LogP contribution in [0.4, 0.5) is 0 Å².